The lowest BCUT2D eigenvalue weighted by atomic mass is 10.1. The predicted molar refractivity (Wildman–Crippen MR) is 116 cm³/mol. The average Bonchev–Trinajstić information content (AvgIpc) is 2.60. The van der Waals surface area contributed by atoms with Gasteiger partial charge in [-0.3, -0.25) is 0 Å². The lowest BCUT2D eigenvalue weighted by Crippen LogP contribution is -2.40. The minimum atomic E-state index is -1.77. The molecule has 150 valence electrons. The van der Waals surface area contributed by atoms with Crippen LogP contribution >= 0.6 is 0 Å². The number of benzene rings is 2. The smallest absolute Gasteiger partial charge is 0.331 e. The molecule has 0 heterocycles. The van der Waals surface area contributed by atoms with Crippen molar-refractivity contribution < 1.29 is 19.1 Å². The molecule has 1 N–H and O–H groups in total. The Hall–Kier alpha value is -2.37. The summed E-state index contributed by atoms with van der Waals surface area (Å²) in [6, 6.07) is 15.2. The van der Waals surface area contributed by atoms with Crippen LogP contribution in [-0.4, -0.2) is 19.4 Å². The Morgan fingerprint density at radius 3 is 2.29 bits per heavy atom. The third kappa shape index (κ3) is 6.07. The summed E-state index contributed by atoms with van der Waals surface area (Å²) in [6.07, 6.45) is 1.62. The molecule has 0 aromatic heterocycles. The van der Waals surface area contributed by atoms with Crippen LogP contribution < -0.4 is 4.74 Å². The second kappa shape index (κ2) is 8.75. The maximum atomic E-state index is 11.0. The highest BCUT2D eigenvalue weighted by Crippen LogP contribution is 2.37. The minimum Gasteiger partial charge on any atom is -0.478 e. The van der Waals surface area contributed by atoms with Gasteiger partial charge in [0.05, 0.1) is 6.61 Å². The van der Waals surface area contributed by atoms with Crippen LogP contribution in [0.4, 0.5) is 0 Å². The maximum absolute atomic E-state index is 11.0. The molecule has 0 unspecified atom stereocenters. The molecule has 0 saturated carbocycles. The van der Waals surface area contributed by atoms with E-state index in [4.69, 9.17) is 14.3 Å². The standard InChI is InChI=1S/C23H30O4Si/c1-17(22(24)25)14-19-8-7-9-21(15-19)27-20-12-10-18(11-13-20)16-26-28(5,6)23(2,3)4/h7-15H,16H2,1-6H3,(H,24,25)/b17-14+. The van der Waals surface area contributed by atoms with Gasteiger partial charge in [0.2, 0.25) is 0 Å². The van der Waals surface area contributed by atoms with E-state index in [-0.39, 0.29) is 10.6 Å². The van der Waals surface area contributed by atoms with Crippen molar-refractivity contribution in [2.75, 3.05) is 0 Å². The fraction of sp³-hybridized carbons (Fsp3) is 0.348. The maximum Gasteiger partial charge on any atom is 0.331 e. The van der Waals surface area contributed by atoms with Gasteiger partial charge in [-0.05, 0) is 66.5 Å². The summed E-state index contributed by atoms with van der Waals surface area (Å²) in [4.78, 5) is 11.0. The first kappa shape index (κ1) is 21.9. The van der Waals surface area contributed by atoms with Gasteiger partial charge in [-0.2, -0.15) is 0 Å². The zero-order chi connectivity index (χ0) is 20.9. The van der Waals surface area contributed by atoms with Crippen LogP contribution in [0.1, 0.15) is 38.8 Å². The zero-order valence-electron chi connectivity index (χ0n) is 17.6. The fourth-order valence-electron chi connectivity index (χ4n) is 2.25. The number of carboxylic acid groups (broad SMARTS) is 1. The van der Waals surface area contributed by atoms with Crippen LogP contribution in [0.25, 0.3) is 6.08 Å². The van der Waals surface area contributed by atoms with Crippen LogP contribution in [0.5, 0.6) is 11.5 Å². The van der Waals surface area contributed by atoms with Crippen molar-refractivity contribution >= 4 is 20.4 Å². The Labute approximate surface area is 169 Å². The molecule has 28 heavy (non-hydrogen) atoms. The van der Waals surface area contributed by atoms with Gasteiger partial charge >= 0.3 is 5.97 Å². The van der Waals surface area contributed by atoms with Crippen molar-refractivity contribution in [2.24, 2.45) is 0 Å². The second-order valence-electron chi connectivity index (χ2n) is 8.50. The van der Waals surface area contributed by atoms with E-state index in [1.165, 1.54) is 0 Å². The number of aliphatic carboxylic acids is 1. The summed E-state index contributed by atoms with van der Waals surface area (Å²) in [5, 5.41) is 9.19. The van der Waals surface area contributed by atoms with Crippen LogP contribution in [0.2, 0.25) is 18.1 Å². The molecule has 0 spiro atoms. The topological polar surface area (TPSA) is 55.8 Å². The monoisotopic (exact) mass is 398 g/mol. The molecular formula is C23H30O4Si. The van der Waals surface area contributed by atoms with Gasteiger partial charge in [-0.15, -0.1) is 0 Å². The van der Waals surface area contributed by atoms with E-state index in [1.807, 2.05) is 48.5 Å². The molecule has 0 aliphatic carbocycles. The van der Waals surface area contributed by atoms with Gasteiger partial charge in [-0.25, -0.2) is 4.79 Å². The number of hydrogen-bond donors (Lipinski definition) is 1. The first-order valence-corrected chi connectivity index (χ1v) is 12.3. The van der Waals surface area contributed by atoms with E-state index in [0.29, 0.717) is 12.4 Å². The SMILES string of the molecule is C/C(=C\c1cccc(Oc2ccc(CO[Si](C)(C)C(C)(C)C)cc2)c1)C(=O)O. The van der Waals surface area contributed by atoms with Crippen LogP contribution in [0, 0.1) is 0 Å². The van der Waals surface area contributed by atoms with Crippen molar-refractivity contribution in [1.29, 1.82) is 0 Å². The molecule has 5 heteroatoms. The van der Waals surface area contributed by atoms with Crippen LogP contribution in [0.3, 0.4) is 0 Å². The molecule has 0 radical (unpaired) electrons. The Morgan fingerprint density at radius 1 is 1.07 bits per heavy atom. The highest BCUT2D eigenvalue weighted by molar-refractivity contribution is 6.74. The van der Waals surface area contributed by atoms with Crippen molar-refractivity contribution in [2.45, 2.75) is 52.4 Å². The number of ether oxygens (including phenoxy) is 1. The molecule has 0 bridgehead atoms. The largest absolute Gasteiger partial charge is 0.478 e. The van der Waals surface area contributed by atoms with E-state index >= 15 is 0 Å². The summed E-state index contributed by atoms with van der Waals surface area (Å²) in [5.74, 6) is 0.464. The van der Waals surface area contributed by atoms with E-state index in [2.05, 4.69) is 33.9 Å². The normalized spacial score (nSPS) is 12.7. The molecule has 2 aromatic carbocycles. The van der Waals surface area contributed by atoms with Crippen LogP contribution in [0.15, 0.2) is 54.1 Å². The van der Waals surface area contributed by atoms with Crippen molar-refractivity contribution in [3.8, 4) is 11.5 Å². The molecule has 4 nitrogen and oxygen atoms in total. The van der Waals surface area contributed by atoms with Crippen LogP contribution in [-0.2, 0) is 15.8 Å². The third-order valence-corrected chi connectivity index (χ3v) is 9.62. The van der Waals surface area contributed by atoms with E-state index in [1.54, 1.807) is 13.0 Å². The highest BCUT2D eigenvalue weighted by atomic mass is 28.4. The number of hydrogen-bond acceptors (Lipinski definition) is 3. The third-order valence-electron chi connectivity index (χ3n) is 5.14. The van der Waals surface area contributed by atoms with Crippen molar-refractivity contribution in [3.05, 3.63) is 65.2 Å². The van der Waals surface area contributed by atoms with Gasteiger partial charge < -0.3 is 14.3 Å². The Bertz CT molecular complexity index is 846. The molecule has 0 atom stereocenters. The molecule has 0 aliphatic heterocycles. The zero-order valence-corrected chi connectivity index (χ0v) is 18.6. The fourth-order valence-corrected chi connectivity index (χ4v) is 3.21. The Kier molecular flexibility index (Phi) is 6.85. The lowest BCUT2D eigenvalue weighted by Gasteiger charge is -2.36. The molecule has 0 fully saturated rings. The Balaban J connectivity index is 2.03. The molecule has 0 amide bonds. The van der Waals surface area contributed by atoms with Crippen molar-refractivity contribution in [3.63, 3.8) is 0 Å². The number of rotatable bonds is 7. The molecule has 0 aliphatic rings. The first-order valence-electron chi connectivity index (χ1n) is 9.40. The summed E-state index contributed by atoms with van der Waals surface area (Å²) >= 11 is 0. The van der Waals surface area contributed by atoms with Gasteiger partial charge in [0, 0.05) is 5.57 Å². The number of carbonyl (C=O) groups is 1. The van der Waals surface area contributed by atoms with E-state index in [0.717, 1.165) is 16.9 Å². The van der Waals surface area contributed by atoms with Crippen molar-refractivity contribution in [1.82, 2.24) is 0 Å². The summed E-state index contributed by atoms with van der Waals surface area (Å²) in [6.45, 7) is 13.4. The summed E-state index contributed by atoms with van der Waals surface area (Å²) in [7, 11) is -1.77. The average molecular weight is 399 g/mol. The quantitative estimate of drug-likeness (QED) is 0.428. The second-order valence-corrected chi connectivity index (χ2v) is 13.3. The Morgan fingerprint density at radius 2 is 1.71 bits per heavy atom. The van der Waals surface area contributed by atoms with E-state index < -0.39 is 14.3 Å². The first-order chi connectivity index (χ1) is 13.0. The van der Waals surface area contributed by atoms with Gasteiger partial charge in [0.15, 0.2) is 8.32 Å². The highest BCUT2D eigenvalue weighted by Gasteiger charge is 2.36. The predicted octanol–water partition coefficient (Wildman–Crippen LogP) is 6.49. The lowest BCUT2D eigenvalue weighted by molar-refractivity contribution is -0.132. The molecular weight excluding hydrogens is 368 g/mol. The van der Waals surface area contributed by atoms with Gasteiger partial charge in [0.25, 0.3) is 0 Å². The summed E-state index contributed by atoms with van der Waals surface area (Å²) < 4.78 is 12.2. The number of carboxylic acids is 1. The summed E-state index contributed by atoms with van der Waals surface area (Å²) in [5.41, 5.74) is 2.19. The molecule has 2 rings (SSSR count). The molecule has 0 saturated heterocycles. The van der Waals surface area contributed by atoms with E-state index in [9.17, 15) is 4.79 Å². The minimum absolute atomic E-state index is 0.189. The molecule has 2 aromatic rings. The van der Waals surface area contributed by atoms with Gasteiger partial charge in [-0.1, -0.05) is 45.0 Å². The van der Waals surface area contributed by atoms with Gasteiger partial charge in [0.1, 0.15) is 11.5 Å².